The molecule has 0 aliphatic carbocycles. The van der Waals surface area contributed by atoms with Crippen molar-refractivity contribution in [3.8, 4) is 5.75 Å². The number of benzene rings is 2. The first-order valence-electron chi connectivity index (χ1n) is 7.31. The minimum absolute atomic E-state index is 0.149. The van der Waals surface area contributed by atoms with Crippen LogP contribution in [0.15, 0.2) is 58.6 Å². The van der Waals surface area contributed by atoms with Crippen molar-refractivity contribution >= 4 is 45.5 Å². The molecular weight excluding hydrogens is 388 g/mol. The van der Waals surface area contributed by atoms with Gasteiger partial charge >= 0.3 is 6.03 Å². The van der Waals surface area contributed by atoms with Gasteiger partial charge in [0, 0.05) is 10.0 Å². The second-order valence-corrected chi connectivity index (χ2v) is 6.10. The summed E-state index contributed by atoms with van der Waals surface area (Å²) in [5.41, 5.74) is 0.770. The molecule has 1 aliphatic heterocycles. The van der Waals surface area contributed by atoms with Crippen molar-refractivity contribution in [1.29, 1.82) is 0 Å². The molecule has 0 radical (unpaired) electrons. The minimum Gasteiger partial charge on any atom is -0.496 e. The molecule has 25 heavy (non-hydrogen) atoms. The Morgan fingerprint density at radius 1 is 1.08 bits per heavy atom. The summed E-state index contributed by atoms with van der Waals surface area (Å²) in [6.07, 6.45) is 1.41. The molecule has 4 amide bonds. The minimum atomic E-state index is -0.787. The molecule has 0 aromatic heterocycles. The molecule has 1 saturated heterocycles. The summed E-state index contributed by atoms with van der Waals surface area (Å²) in [4.78, 5) is 38.0. The molecule has 0 spiro atoms. The molecule has 0 atom stereocenters. The summed E-state index contributed by atoms with van der Waals surface area (Å²) >= 11 is 3.30. The number of methoxy groups -OCH3 is 1. The van der Waals surface area contributed by atoms with E-state index in [1.165, 1.54) is 13.2 Å². The summed E-state index contributed by atoms with van der Waals surface area (Å²) in [5.74, 6) is -0.925. The van der Waals surface area contributed by atoms with Crippen LogP contribution in [0.4, 0.5) is 10.5 Å². The molecule has 0 saturated carbocycles. The highest BCUT2D eigenvalue weighted by Gasteiger charge is 2.37. The molecule has 1 N–H and O–H groups in total. The third-order valence-electron chi connectivity index (χ3n) is 3.61. The maximum absolute atomic E-state index is 12.8. The number of imide groups is 2. The van der Waals surface area contributed by atoms with Gasteiger partial charge in [0.2, 0.25) is 0 Å². The lowest BCUT2D eigenvalue weighted by molar-refractivity contribution is -0.122. The van der Waals surface area contributed by atoms with Gasteiger partial charge in [0.25, 0.3) is 11.8 Å². The quantitative estimate of drug-likeness (QED) is 0.634. The van der Waals surface area contributed by atoms with E-state index in [1.807, 2.05) is 0 Å². The first-order chi connectivity index (χ1) is 12.0. The summed E-state index contributed by atoms with van der Waals surface area (Å²) in [6.45, 7) is 0. The molecule has 1 heterocycles. The number of amides is 4. The van der Waals surface area contributed by atoms with Crippen LogP contribution < -0.4 is 15.0 Å². The van der Waals surface area contributed by atoms with Gasteiger partial charge in [-0.15, -0.1) is 0 Å². The average Bonchev–Trinajstić information content (AvgIpc) is 2.59. The first-order valence-corrected chi connectivity index (χ1v) is 8.10. The molecule has 3 rings (SSSR count). The van der Waals surface area contributed by atoms with Gasteiger partial charge in [-0.2, -0.15) is 0 Å². The Morgan fingerprint density at radius 2 is 1.84 bits per heavy atom. The number of hydrogen-bond donors (Lipinski definition) is 1. The van der Waals surface area contributed by atoms with Gasteiger partial charge in [0.15, 0.2) is 0 Å². The molecule has 2 aromatic carbocycles. The Hall–Kier alpha value is -2.93. The topological polar surface area (TPSA) is 75.7 Å². The van der Waals surface area contributed by atoms with E-state index in [-0.39, 0.29) is 5.57 Å². The summed E-state index contributed by atoms with van der Waals surface area (Å²) in [6, 6.07) is 12.9. The van der Waals surface area contributed by atoms with Crippen LogP contribution in [0.2, 0.25) is 0 Å². The normalized spacial score (nSPS) is 16.2. The lowest BCUT2D eigenvalue weighted by Gasteiger charge is -2.26. The van der Waals surface area contributed by atoms with Crippen LogP contribution >= 0.6 is 15.9 Å². The van der Waals surface area contributed by atoms with Crippen molar-refractivity contribution < 1.29 is 19.1 Å². The zero-order valence-electron chi connectivity index (χ0n) is 13.2. The largest absolute Gasteiger partial charge is 0.496 e. The third-order valence-corrected chi connectivity index (χ3v) is 4.10. The average molecular weight is 401 g/mol. The number of rotatable bonds is 3. The molecular formula is C18H13BrN2O4. The Morgan fingerprint density at radius 3 is 2.56 bits per heavy atom. The number of carbonyl (C=O) groups excluding carboxylic acids is 3. The number of anilines is 1. The Balaban J connectivity index is 2.05. The number of carbonyl (C=O) groups is 3. The molecule has 2 aromatic rings. The van der Waals surface area contributed by atoms with E-state index in [1.54, 1.807) is 48.5 Å². The van der Waals surface area contributed by atoms with E-state index in [0.29, 0.717) is 21.5 Å². The Bertz CT molecular complexity index is 907. The highest BCUT2D eigenvalue weighted by Crippen LogP contribution is 2.26. The number of nitrogens with one attached hydrogen (secondary N) is 1. The van der Waals surface area contributed by atoms with Crippen molar-refractivity contribution in [1.82, 2.24) is 5.32 Å². The smallest absolute Gasteiger partial charge is 0.335 e. The monoisotopic (exact) mass is 400 g/mol. The van der Waals surface area contributed by atoms with Crippen molar-refractivity contribution in [2.75, 3.05) is 12.0 Å². The van der Waals surface area contributed by atoms with Gasteiger partial charge < -0.3 is 4.74 Å². The number of halogens is 1. The van der Waals surface area contributed by atoms with Gasteiger partial charge in [0.05, 0.1) is 12.8 Å². The fraction of sp³-hybridized carbons (Fsp3) is 0.0556. The van der Waals surface area contributed by atoms with Crippen molar-refractivity contribution in [3.05, 3.63) is 64.1 Å². The summed E-state index contributed by atoms with van der Waals surface area (Å²) in [7, 11) is 1.50. The lowest BCUT2D eigenvalue weighted by atomic mass is 10.1. The van der Waals surface area contributed by atoms with Crippen LogP contribution in [0, 0.1) is 0 Å². The zero-order valence-corrected chi connectivity index (χ0v) is 14.7. The Labute approximate surface area is 152 Å². The number of urea groups is 1. The van der Waals surface area contributed by atoms with Crippen LogP contribution in [0.1, 0.15) is 5.56 Å². The van der Waals surface area contributed by atoms with Crippen molar-refractivity contribution in [2.24, 2.45) is 0 Å². The van der Waals surface area contributed by atoms with Gasteiger partial charge in [0.1, 0.15) is 11.3 Å². The lowest BCUT2D eigenvalue weighted by Crippen LogP contribution is -2.54. The van der Waals surface area contributed by atoms with Crippen molar-refractivity contribution in [2.45, 2.75) is 0 Å². The molecule has 6 nitrogen and oxygen atoms in total. The standard InChI is InChI=1S/C18H13BrN2O4/c1-25-15-8-3-2-5-11(15)9-14-16(22)20-18(24)21(17(14)23)13-7-4-6-12(19)10-13/h2-10H,1H3,(H,20,22,24)/b14-9+. The Kier molecular flexibility index (Phi) is 4.67. The fourth-order valence-electron chi connectivity index (χ4n) is 2.45. The van der Waals surface area contributed by atoms with E-state index in [4.69, 9.17) is 4.74 Å². The van der Waals surface area contributed by atoms with E-state index in [9.17, 15) is 14.4 Å². The number of para-hydroxylation sites is 1. The zero-order chi connectivity index (χ0) is 18.0. The SMILES string of the molecule is COc1ccccc1/C=C1\C(=O)NC(=O)N(c2cccc(Br)c2)C1=O. The summed E-state index contributed by atoms with van der Waals surface area (Å²) in [5, 5.41) is 2.19. The van der Waals surface area contributed by atoms with Gasteiger partial charge in [-0.1, -0.05) is 40.2 Å². The predicted molar refractivity (Wildman–Crippen MR) is 96.1 cm³/mol. The van der Waals surface area contributed by atoms with E-state index in [0.717, 1.165) is 4.90 Å². The van der Waals surface area contributed by atoms with E-state index < -0.39 is 17.8 Å². The molecule has 7 heteroatoms. The number of hydrogen-bond acceptors (Lipinski definition) is 4. The number of ether oxygens (including phenoxy) is 1. The maximum atomic E-state index is 12.8. The van der Waals surface area contributed by atoms with Crippen LogP contribution in [0.25, 0.3) is 6.08 Å². The van der Waals surface area contributed by atoms with Crippen LogP contribution in [0.5, 0.6) is 5.75 Å². The molecule has 126 valence electrons. The fourth-order valence-corrected chi connectivity index (χ4v) is 2.84. The van der Waals surface area contributed by atoms with Crippen molar-refractivity contribution in [3.63, 3.8) is 0 Å². The third kappa shape index (κ3) is 3.32. The van der Waals surface area contributed by atoms with E-state index >= 15 is 0 Å². The van der Waals surface area contributed by atoms with Crippen LogP contribution in [-0.2, 0) is 9.59 Å². The second-order valence-electron chi connectivity index (χ2n) is 5.18. The molecule has 1 aliphatic rings. The van der Waals surface area contributed by atoms with E-state index in [2.05, 4.69) is 21.2 Å². The second kappa shape index (κ2) is 6.90. The number of barbiturate groups is 1. The highest BCUT2D eigenvalue weighted by atomic mass is 79.9. The first kappa shape index (κ1) is 16.9. The molecule has 0 bridgehead atoms. The maximum Gasteiger partial charge on any atom is 0.335 e. The molecule has 1 fully saturated rings. The number of nitrogens with zero attached hydrogens (tertiary/aromatic N) is 1. The summed E-state index contributed by atoms with van der Waals surface area (Å²) < 4.78 is 5.94. The van der Waals surface area contributed by atoms with Gasteiger partial charge in [-0.25, -0.2) is 9.69 Å². The van der Waals surface area contributed by atoms with Crippen LogP contribution in [-0.4, -0.2) is 25.0 Å². The van der Waals surface area contributed by atoms with Gasteiger partial charge in [-0.05, 0) is 30.3 Å². The van der Waals surface area contributed by atoms with Crippen LogP contribution in [0.3, 0.4) is 0 Å². The highest BCUT2D eigenvalue weighted by molar-refractivity contribution is 9.10. The van der Waals surface area contributed by atoms with Gasteiger partial charge in [-0.3, -0.25) is 14.9 Å². The molecule has 0 unspecified atom stereocenters. The predicted octanol–water partition coefficient (Wildman–Crippen LogP) is 3.12.